The first-order valence-electron chi connectivity index (χ1n) is 6.82. The molecule has 94 valence electrons. The largest absolute Gasteiger partial charge is 0.373 e. The number of benzene rings is 1. The Morgan fingerprint density at radius 3 is 3.06 bits per heavy atom. The van der Waals surface area contributed by atoms with Crippen LogP contribution < -0.4 is 5.32 Å². The molecule has 0 spiro atoms. The third kappa shape index (κ3) is 3.55. The number of nitrogens with one attached hydrogen (secondary N) is 1. The van der Waals surface area contributed by atoms with Crippen LogP contribution in [0.1, 0.15) is 43.4 Å². The van der Waals surface area contributed by atoms with Crippen LogP contribution in [0.2, 0.25) is 0 Å². The lowest BCUT2D eigenvalue weighted by molar-refractivity contribution is 0.0349. The number of rotatable bonds is 6. The zero-order chi connectivity index (χ0) is 11.9. The maximum absolute atomic E-state index is 5.89. The van der Waals surface area contributed by atoms with Crippen molar-refractivity contribution in [1.29, 1.82) is 0 Å². The van der Waals surface area contributed by atoms with Crippen LogP contribution in [-0.2, 0) is 11.2 Å². The summed E-state index contributed by atoms with van der Waals surface area (Å²) in [5.41, 5.74) is 2.90. The van der Waals surface area contributed by atoms with Crippen LogP contribution in [0.25, 0.3) is 0 Å². The molecule has 0 fully saturated rings. The Bertz CT molecular complexity index is 337. The van der Waals surface area contributed by atoms with E-state index in [-0.39, 0.29) is 0 Å². The molecule has 2 heteroatoms. The highest BCUT2D eigenvalue weighted by molar-refractivity contribution is 5.30. The molecule has 0 saturated heterocycles. The predicted octanol–water partition coefficient (Wildman–Crippen LogP) is 3.08. The number of hydrogen-bond donors (Lipinski definition) is 1. The van der Waals surface area contributed by atoms with Crippen LogP contribution in [-0.4, -0.2) is 19.7 Å². The second-order valence-electron chi connectivity index (χ2n) is 4.66. The van der Waals surface area contributed by atoms with E-state index in [4.69, 9.17) is 4.74 Å². The molecule has 1 aromatic carbocycles. The lowest BCUT2D eigenvalue weighted by Gasteiger charge is -2.26. The number of hydrogen-bond acceptors (Lipinski definition) is 2. The van der Waals surface area contributed by atoms with E-state index >= 15 is 0 Å². The lowest BCUT2D eigenvalue weighted by atomic mass is 9.94. The van der Waals surface area contributed by atoms with E-state index in [1.165, 1.54) is 24.0 Å². The minimum Gasteiger partial charge on any atom is -0.373 e. The molecule has 1 heterocycles. The van der Waals surface area contributed by atoms with Gasteiger partial charge in [0.25, 0.3) is 0 Å². The average molecular weight is 233 g/mol. The Hall–Kier alpha value is -0.860. The van der Waals surface area contributed by atoms with E-state index in [1.54, 1.807) is 0 Å². The summed E-state index contributed by atoms with van der Waals surface area (Å²) in [6, 6.07) is 8.72. The molecular weight excluding hydrogens is 210 g/mol. The molecule has 0 amide bonds. The monoisotopic (exact) mass is 233 g/mol. The fourth-order valence-electron chi connectivity index (χ4n) is 2.47. The molecule has 0 saturated carbocycles. The van der Waals surface area contributed by atoms with Gasteiger partial charge in [0.2, 0.25) is 0 Å². The van der Waals surface area contributed by atoms with Gasteiger partial charge in [0.15, 0.2) is 0 Å². The molecule has 1 aliphatic heterocycles. The third-order valence-corrected chi connectivity index (χ3v) is 3.41. The maximum Gasteiger partial charge on any atom is 0.0827 e. The Morgan fingerprint density at radius 1 is 1.29 bits per heavy atom. The molecule has 1 aliphatic rings. The van der Waals surface area contributed by atoms with Gasteiger partial charge in [0.05, 0.1) is 12.7 Å². The molecule has 2 rings (SSSR count). The molecule has 0 aliphatic carbocycles. The summed E-state index contributed by atoms with van der Waals surface area (Å²) in [7, 11) is 0. The van der Waals surface area contributed by atoms with Gasteiger partial charge in [-0.25, -0.2) is 0 Å². The molecule has 0 aromatic heterocycles. The smallest absolute Gasteiger partial charge is 0.0827 e. The minimum atomic E-state index is 0.335. The van der Waals surface area contributed by atoms with Gasteiger partial charge in [0.1, 0.15) is 0 Å². The second kappa shape index (κ2) is 6.77. The molecule has 17 heavy (non-hydrogen) atoms. The van der Waals surface area contributed by atoms with E-state index < -0.39 is 0 Å². The molecule has 1 unspecified atom stereocenters. The summed E-state index contributed by atoms with van der Waals surface area (Å²) in [6.45, 7) is 5.24. The Balaban J connectivity index is 1.82. The summed E-state index contributed by atoms with van der Waals surface area (Å²) in [4.78, 5) is 0. The van der Waals surface area contributed by atoms with Crippen molar-refractivity contribution in [3.05, 3.63) is 35.4 Å². The van der Waals surface area contributed by atoms with Gasteiger partial charge in [-0.3, -0.25) is 0 Å². The minimum absolute atomic E-state index is 0.335. The molecule has 1 N–H and O–H groups in total. The van der Waals surface area contributed by atoms with Crippen molar-refractivity contribution in [2.24, 2.45) is 0 Å². The van der Waals surface area contributed by atoms with E-state index in [1.807, 2.05) is 0 Å². The first-order valence-corrected chi connectivity index (χ1v) is 6.82. The fraction of sp³-hybridized carbons (Fsp3) is 0.600. The highest BCUT2D eigenvalue weighted by Crippen LogP contribution is 2.30. The Labute approximate surface area is 104 Å². The normalized spacial score (nSPS) is 19.0. The van der Waals surface area contributed by atoms with E-state index in [0.717, 1.165) is 32.5 Å². The number of ether oxygens (including phenoxy) is 1. The molecule has 0 bridgehead atoms. The van der Waals surface area contributed by atoms with Gasteiger partial charge >= 0.3 is 0 Å². The van der Waals surface area contributed by atoms with Crippen LogP contribution in [0.3, 0.4) is 0 Å². The van der Waals surface area contributed by atoms with Gasteiger partial charge in [-0.1, -0.05) is 31.2 Å². The Morgan fingerprint density at radius 2 is 2.18 bits per heavy atom. The van der Waals surface area contributed by atoms with Crippen LogP contribution in [0.4, 0.5) is 0 Å². The van der Waals surface area contributed by atoms with E-state index in [0.29, 0.717) is 6.10 Å². The standard InChI is InChI=1S/C15H23NO/c1-2-16-11-6-5-9-15-14-8-4-3-7-13(14)10-12-17-15/h3-4,7-8,15-16H,2,5-6,9-12H2,1H3. The van der Waals surface area contributed by atoms with Crippen LogP contribution >= 0.6 is 0 Å². The van der Waals surface area contributed by atoms with Crippen molar-refractivity contribution in [3.8, 4) is 0 Å². The van der Waals surface area contributed by atoms with Gasteiger partial charge in [0, 0.05) is 0 Å². The molecule has 2 nitrogen and oxygen atoms in total. The maximum atomic E-state index is 5.89. The molecular formula is C15H23NO. The van der Waals surface area contributed by atoms with Crippen molar-refractivity contribution in [1.82, 2.24) is 5.32 Å². The van der Waals surface area contributed by atoms with Crippen LogP contribution in [0.15, 0.2) is 24.3 Å². The van der Waals surface area contributed by atoms with E-state index in [9.17, 15) is 0 Å². The summed E-state index contributed by atoms with van der Waals surface area (Å²) in [6.07, 6.45) is 5.05. The highest BCUT2D eigenvalue weighted by atomic mass is 16.5. The van der Waals surface area contributed by atoms with Crippen LogP contribution in [0, 0.1) is 0 Å². The first kappa shape index (κ1) is 12.6. The highest BCUT2D eigenvalue weighted by Gasteiger charge is 2.19. The zero-order valence-electron chi connectivity index (χ0n) is 10.7. The van der Waals surface area contributed by atoms with Crippen molar-refractivity contribution in [2.75, 3.05) is 19.7 Å². The Kier molecular flexibility index (Phi) is 5.02. The van der Waals surface area contributed by atoms with Crippen molar-refractivity contribution in [2.45, 2.75) is 38.7 Å². The van der Waals surface area contributed by atoms with Gasteiger partial charge in [-0.15, -0.1) is 0 Å². The van der Waals surface area contributed by atoms with Gasteiger partial charge in [-0.2, -0.15) is 0 Å². The quantitative estimate of drug-likeness (QED) is 0.762. The SMILES string of the molecule is CCNCCCCC1OCCc2ccccc21. The summed E-state index contributed by atoms with van der Waals surface area (Å²) in [5, 5.41) is 3.36. The van der Waals surface area contributed by atoms with Crippen molar-refractivity contribution >= 4 is 0 Å². The van der Waals surface area contributed by atoms with Crippen molar-refractivity contribution < 1.29 is 4.74 Å². The summed E-state index contributed by atoms with van der Waals surface area (Å²) in [5.74, 6) is 0. The van der Waals surface area contributed by atoms with Gasteiger partial charge in [-0.05, 0) is 49.9 Å². The lowest BCUT2D eigenvalue weighted by Crippen LogP contribution is -2.17. The number of unbranched alkanes of at least 4 members (excludes halogenated alkanes) is 1. The third-order valence-electron chi connectivity index (χ3n) is 3.41. The summed E-state index contributed by atoms with van der Waals surface area (Å²) >= 11 is 0. The fourth-order valence-corrected chi connectivity index (χ4v) is 2.47. The molecule has 1 atom stereocenters. The first-order chi connectivity index (χ1) is 8.42. The van der Waals surface area contributed by atoms with Crippen LogP contribution in [0.5, 0.6) is 0 Å². The average Bonchev–Trinajstić information content (AvgIpc) is 2.39. The molecule has 1 aromatic rings. The number of fused-ring (bicyclic) bond motifs is 1. The topological polar surface area (TPSA) is 21.3 Å². The van der Waals surface area contributed by atoms with E-state index in [2.05, 4.69) is 36.5 Å². The summed E-state index contributed by atoms with van der Waals surface area (Å²) < 4.78 is 5.89. The van der Waals surface area contributed by atoms with Crippen molar-refractivity contribution in [3.63, 3.8) is 0 Å². The zero-order valence-corrected chi connectivity index (χ0v) is 10.7. The van der Waals surface area contributed by atoms with Gasteiger partial charge < -0.3 is 10.1 Å². The predicted molar refractivity (Wildman–Crippen MR) is 71.2 cm³/mol. The second-order valence-corrected chi connectivity index (χ2v) is 4.66. The molecule has 0 radical (unpaired) electrons.